The van der Waals surface area contributed by atoms with Gasteiger partial charge in [0.15, 0.2) is 0 Å². The van der Waals surface area contributed by atoms with Gasteiger partial charge in [0.05, 0.1) is 13.2 Å². The van der Waals surface area contributed by atoms with Gasteiger partial charge in [0, 0.05) is 25.2 Å². The Bertz CT molecular complexity index is 568. The van der Waals surface area contributed by atoms with E-state index in [9.17, 15) is 9.18 Å². The third-order valence-electron chi connectivity index (χ3n) is 5.11. The summed E-state index contributed by atoms with van der Waals surface area (Å²) in [6, 6.07) is 5.98. The highest BCUT2D eigenvalue weighted by Crippen LogP contribution is 2.25. The molecule has 2 aliphatic heterocycles. The molecule has 0 aromatic heterocycles. The first-order valence-electron chi connectivity index (χ1n) is 9.30. The Morgan fingerprint density at radius 1 is 1.30 bits per heavy atom. The molecule has 0 bridgehead atoms. The second-order valence-electron chi connectivity index (χ2n) is 6.86. The lowest BCUT2D eigenvalue weighted by molar-refractivity contribution is -0.128. The van der Waals surface area contributed by atoms with Gasteiger partial charge in [0.25, 0.3) is 0 Å². The third kappa shape index (κ3) is 6.88. The van der Waals surface area contributed by atoms with E-state index in [0.29, 0.717) is 44.3 Å². The molecule has 2 unspecified atom stereocenters. The van der Waals surface area contributed by atoms with E-state index in [-0.39, 0.29) is 36.5 Å². The number of halogens is 3. The van der Waals surface area contributed by atoms with Crippen LogP contribution in [-0.2, 0) is 9.53 Å². The van der Waals surface area contributed by atoms with Gasteiger partial charge in [0.1, 0.15) is 11.9 Å². The van der Waals surface area contributed by atoms with Crippen LogP contribution in [0, 0.1) is 11.7 Å². The lowest BCUT2D eigenvalue weighted by Crippen LogP contribution is -2.46. The first kappa shape index (κ1) is 24.1. The van der Waals surface area contributed by atoms with Crippen LogP contribution in [0.1, 0.15) is 30.9 Å². The van der Waals surface area contributed by atoms with E-state index < -0.39 is 6.04 Å². The van der Waals surface area contributed by atoms with Gasteiger partial charge in [-0.15, -0.1) is 24.8 Å². The summed E-state index contributed by atoms with van der Waals surface area (Å²) in [7, 11) is 0. The van der Waals surface area contributed by atoms with Crippen LogP contribution in [0.2, 0.25) is 0 Å². The zero-order valence-corrected chi connectivity index (χ0v) is 17.1. The Morgan fingerprint density at radius 2 is 2.04 bits per heavy atom. The standard InChI is InChI=1S/C19H28FN3O2.2ClH/c20-17-6-2-1-5-16(17)18(23-10-12-25-13-11-23)19(24)22-9-7-15-4-3-8-21-14-15;;/h1-2,5-6,15,18,21H,3-4,7-14H2,(H,22,24);2*1H. The molecule has 2 fully saturated rings. The number of nitrogens with one attached hydrogen (secondary N) is 2. The van der Waals surface area contributed by atoms with Crippen LogP contribution in [-0.4, -0.2) is 56.7 Å². The molecule has 2 aliphatic rings. The van der Waals surface area contributed by atoms with E-state index in [1.54, 1.807) is 18.2 Å². The molecule has 1 amide bonds. The number of carbonyl (C=O) groups excluding carboxylic acids is 1. The van der Waals surface area contributed by atoms with Crippen molar-refractivity contribution in [3.63, 3.8) is 0 Å². The SMILES string of the molecule is Cl.Cl.O=C(NCCC1CCCNC1)C(c1ccccc1F)N1CCOCC1. The minimum atomic E-state index is -0.588. The predicted molar refractivity (Wildman–Crippen MR) is 109 cm³/mol. The molecule has 5 nitrogen and oxygen atoms in total. The van der Waals surface area contributed by atoms with Crippen LogP contribution in [0.5, 0.6) is 0 Å². The Morgan fingerprint density at radius 3 is 2.70 bits per heavy atom. The molecular formula is C19H30Cl2FN3O2. The van der Waals surface area contributed by atoms with Crippen LogP contribution in [0.15, 0.2) is 24.3 Å². The van der Waals surface area contributed by atoms with Crippen LogP contribution < -0.4 is 10.6 Å². The number of ether oxygens (including phenoxy) is 1. The van der Waals surface area contributed by atoms with Crippen LogP contribution >= 0.6 is 24.8 Å². The summed E-state index contributed by atoms with van der Waals surface area (Å²) in [6.07, 6.45) is 3.37. The van der Waals surface area contributed by atoms with Crippen molar-refractivity contribution < 1.29 is 13.9 Å². The molecule has 2 saturated heterocycles. The van der Waals surface area contributed by atoms with E-state index in [2.05, 4.69) is 10.6 Å². The van der Waals surface area contributed by atoms with E-state index in [1.807, 2.05) is 4.90 Å². The van der Waals surface area contributed by atoms with Crippen molar-refractivity contribution in [3.8, 4) is 0 Å². The van der Waals surface area contributed by atoms with Crippen molar-refractivity contribution in [1.82, 2.24) is 15.5 Å². The van der Waals surface area contributed by atoms with E-state index in [1.165, 1.54) is 18.9 Å². The summed E-state index contributed by atoms with van der Waals surface area (Å²) in [6.45, 7) is 5.18. The van der Waals surface area contributed by atoms with Crippen molar-refractivity contribution in [2.75, 3.05) is 45.9 Å². The van der Waals surface area contributed by atoms with Gasteiger partial charge in [-0.25, -0.2) is 4.39 Å². The summed E-state index contributed by atoms with van der Waals surface area (Å²) in [4.78, 5) is 14.9. The monoisotopic (exact) mass is 421 g/mol. The average molecular weight is 422 g/mol. The van der Waals surface area contributed by atoms with Gasteiger partial charge in [-0.3, -0.25) is 9.69 Å². The highest BCUT2D eigenvalue weighted by Gasteiger charge is 2.31. The maximum atomic E-state index is 14.3. The first-order valence-corrected chi connectivity index (χ1v) is 9.30. The van der Waals surface area contributed by atoms with Gasteiger partial charge >= 0.3 is 0 Å². The Hall–Kier alpha value is -0.920. The Balaban J connectivity index is 0.00000182. The van der Waals surface area contributed by atoms with Gasteiger partial charge in [-0.1, -0.05) is 18.2 Å². The fourth-order valence-electron chi connectivity index (χ4n) is 3.70. The molecule has 3 rings (SSSR count). The number of amides is 1. The minimum Gasteiger partial charge on any atom is -0.379 e. The van der Waals surface area contributed by atoms with Crippen molar-refractivity contribution in [3.05, 3.63) is 35.6 Å². The molecule has 0 aliphatic carbocycles. The molecule has 27 heavy (non-hydrogen) atoms. The van der Waals surface area contributed by atoms with Crippen molar-refractivity contribution in [1.29, 1.82) is 0 Å². The number of hydrogen-bond donors (Lipinski definition) is 2. The molecule has 2 N–H and O–H groups in total. The van der Waals surface area contributed by atoms with Gasteiger partial charge in [-0.2, -0.15) is 0 Å². The zero-order valence-electron chi connectivity index (χ0n) is 15.5. The number of nitrogens with zero attached hydrogens (tertiary/aromatic N) is 1. The topological polar surface area (TPSA) is 53.6 Å². The molecular weight excluding hydrogens is 392 g/mol. The van der Waals surface area contributed by atoms with E-state index in [4.69, 9.17) is 4.74 Å². The molecule has 8 heteroatoms. The summed E-state index contributed by atoms with van der Waals surface area (Å²) >= 11 is 0. The normalized spacial score (nSPS) is 21.4. The summed E-state index contributed by atoms with van der Waals surface area (Å²) < 4.78 is 19.7. The molecule has 154 valence electrons. The number of benzene rings is 1. The Labute approximate surface area is 173 Å². The summed E-state index contributed by atoms with van der Waals surface area (Å²) in [5.41, 5.74) is 0.446. The zero-order chi connectivity index (χ0) is 17.5. The van der Waals surface area contributed by atoms with Crippen LogP contribution in [0.3, 0.4) is 0 Å². The number of rotatable bonds is 6. The molecule has 0 saturated carbocycles. The second-order valence-corrected chi connectivity index (χ2v) is 6.86. The number of piperidine rings is 1. The van der Waals surface area contributed by atoms with Crippen molar-refractivity contribution in [2.24, 2.45) is 5.92 Å². The largest absolute Gasteiger partial charge is 0.379 e. The maximum absolute atomic E-state index is 14.3. The van der Waals surface area contributed by atoms with Crippen molar-refractivity contribution >= 4 is 30.7 Å². The lowest BCUT2D eigenvalue weighted by Gasteiger charge is -2.34. The van der Waals surface area contributed by atoms with Gasteiger partial charge in [-0.05, 0) is 44.3 Å². The fourth-order valence-corrected chi connectivity index (χ4v) is 3.70. The van der Waals surface area contributed by atoms with Crippen molar-refractivity contribution in [2.45, 2.75) is 25.3 Å². The Kier molecular flexibility index (Phi) is 11.2. The van der Waals surface area contributed by atoms with E-state index >= 15 is 0 Å². The first-order chi connectivity index (χ1) is 12.3. The highest BCUT2D eigenvalue weighted by molar-refractivity contribution is 5.85. The van der Waals surface area contributed by atoms with Gasteiger partial charge in [0.2, 0.25) is 5.91 Å². The second kappa shape index (κ2) is 12.5. The number of carbonyl (C=O) groups is 1. The predicted octanol–water partition coefficient (Wildman–Crippen LogP) is 2.55. The maximum Gasteiger partial charge on any atom is 0.242 e. The quantitative estimate of drug-likeness (QED) is 0.740. The molecule has 1 aromatic rings. The summed E-state index contributed by atoms with van der Waals surface area (Å²) in [5.74, 6) is 0.172. The van der Waals surface area contributed by atoms with E-state index in [0.717, 1.165) is 19.5 Å². The smallest absolute Gasteiger partial charge is 0.242 e. The highest BCUT2D eigenvalue weighted by atomic mass is 35.5. The van der Waals surface area contributed by atoms with Crippen LogP contribution in [0.25, 0.3) is 0 Å². The molecule has 0 spiro atoms. The van der Waals surface area contributed by atoms with Gasteiger partial charge < -0.3 is 15.4 Å². The molecule has 0 radical (unpaired) electrons. The number of morpholine rings is 1. The fraction of sp³-hybridized carbons (Fsp3) is 0.632. The molecule has 1 aromatic carbocycles. The third-order valence-corrected chi connectivity index (χ3v) is 5.11. The summed E-state index contributed by atoms with van der Waals surface area (Å²) in [5, 5.41) is 6.43. The number of hydrogen-bond acceptors (Lipinski definition) is 4. The minimum absolute atomic E-state index is 0. The molecule has 2 atom stereocenters. The van der Waals surface area contributed by atoms with Crippen LogP contribution in [0.4, 0.5) is 4.39 Å². The molecule has 2 heterocycles. The lowest BCUT2D eigenvalue weighted by atomic mass is 9.96. The average Bonchev–Trinajstić information content (AvgIpc) is 2.65.